The fraction of sp³-hybridized carbons (Fsp3) is 0.296. The van der Waals surface area contributed by atoms with Crippen LogP contribution in [0.1, 0.15) is 38.8 Å². The molecule has 1 atom stereocenters. The smallest absolute Gasteiger partial charge is 0.264 e. The van der Waals surface area contributed by atoms with Crippen LogP contribution in [-0.4, -0.2) is 27.5 Å². The Hall–Kier alpha value is -3.03. The van der Waals surface area contributed by atoms with Crippen molar-refractivity contribution in [3.8, 4) is 5.75 Å². The molecule has 0 aliphatic heterocycles. The van der Waals surface area contributed by atoms with Gasteiger partial charge in [0.1, 0.15) is 12.3 Å². The third-order valence-electron chi connectivity index (χ3n) is 5.37. The molecule has 0 aliphatic rings. The Balaban J connectivity index is 1.98. The number of rotatable bonds is 11. The molecule has 3 rings (SSSR count). The van der Waals surface area contributed by atoms with Crippen LogP contribution >= 0.6 is 11.6 Å². The Bertz CT molecular complexity index is 1220. The summed E-state index contributed by atoms with van der Waals surface area (Å²) in [5.74, 6) is 0.290. The summed E-state index contributed by atoms with van der Waals surface area (Å²) >= 11 is 5.97. The molecular weight excluding hydrogens is 484 g/mol. The van der Waals surface area contributed by atoms with Crippen molar-refractivity contribution in [3.05, 3.63) is 89.4 Å². The first-order chi connectivity index (χ1) is 16.7. The Morgan fingerprint density at radius 2 is 1.60 bits per heavy atom. The van der Waals surface area contributed by atoms with Crippen LogP contribution in [0, 0.1) is 5.92 Å². The van der Waals surface area contributed by atoms with Crippen LogP contribution in [0.5, 0.6) is 5.75 Å². The molecule has 0 radical (unpaired) electrons. The summed E-state index contributed by atoms with van der Waals surface area (Å²) in [4.78, 5) is 13.3. The normalized spacial score (nSPS) is 12.3. The number of benzene rings is 3. The van der Waals surface area contributed by atoms with Crippen LogP contribution in [0.15, 0.2) is 83.8 Å². The minimum absolute atomic E-state index is 0.0304. The number of halogens is 1. The molecule has 1 amide bonds. The molecule has 8 heteroatoms. The second-order valence-electron chi connectivity index (χ2n) is 8.53. The van der Waals surface area contributed by atoms with Crippen molar-refractivity contribution in [2.24, 2.45) is 5.92 Å². The van der Waals surface area contributed by atoms with Gasteiger partial charge in [-0.3, -0.25) is 9.10 Å². The molecule has 0 bridgehead atoms. The number of amides is 1. The highest BCUT2D eigenvalue weighted by Crippen LogP contribution is 2.33. The maximum Gasteiger partial charge on any atom is 0.264 e. The van der Waals surface area contributed by atoms with Gasteiger partial charge in [0.15, 0.2) is 0 Å². The van der Waals surface area contributed by atoms with Crippen molar-refractivity contribution in [2.45, 2.75) is 38.1 Å². The maximum atomic E-state index is 13.7. The van der Waals surface area contributed by atoms with Gasteiger partial charge in [-0.25, -0.2) is 8.42 Å². The summed E-state index contributed by atoms with van der Waals surface area (Å²) in [7, 11) is -4.10. The average Bonchev–Trinajstić information content (AvgIpc) is 2.83. The van der Waals surface area contributed by atoms with Crippen LogP contribution in [0.25, 0.3) is 0 Å². The molecule has 0 saturated heterocycles. The maximum absolute atomic E-state index is 13.7. The first kappa shape index (κ1) is 26.6. The van der Waals surface area contributed by atoms with E-state index in [1.165, 1.54) is 24.3 Å². The quantitative estimate of drug-likeness (QED) is 0.349. The Morgan fingerprint density at radius 3 is 2.23 bits per heavy atom. The lowest BCUT2D eigenvalue weighted by Gasteiger charge is -2.27. The SMILES string of the molecule is CCOc1ccccc1N(CC(=O)N[C@H](CC(C)C)c1ccccc1)S(=O)(=O)c1ccc(Cl)cc1. The van der Waals surface area contributed by atoms with Gasteiger partial charge in [-0.05, 0) is 61.2 Å². The molecule has 0 aromatic heterocycles. The van der Waals surface area contributed by atoms with Gasteiger partial charge in [0.2, 0.25) is 5.91 Å². The van der Waals surface area contributed by atoms with E-state index in [2.05, 4.69) is 19.2 Å². The highest BCUT2D eigenvalue weighted by molar-refractivity contribution is 7.92. The molecule has 186 valence electrons. The predicted molar refractivity (Wildman–Crippen MR) is 140 cm³/mol. The number of anilines is 1. The number of hydrogen-bond donors (Lipinski definition) is 1. The first-order valence-corrected chi connectivity index (χ1v) is 13.4. The van der Waals surface area contributed by atoms with E-state index in [1.807, 2.05) is 37.3 Å². The number of para-hydroxylation sites is 2. The average molecular weight is 515 g/mol. The number of carbonyl (C=O) groups excluding carboxylic acids is 1. The van der Waals surface area contributed by atoms with E-state index in [9.17, 15) is 13.2 Å². The van der Waals surface area contributed by atoms with E-state index >= 15 is 0 Å². The second kappa shape index (κ2) is 12.1. The van der Waals surface area contributed by atoms with E-state index in [0.717, 1.165) is 16.3 Å². The lowest BCUT2D eigenvalue weighted by Crippen LogP contribution is -2.42. The molecule has 3 aromatic rings. The second-order valence-corrected chi connectivity index (χ2v) is 10.8. The highest BCUT2D eigenvalue weighted by atomic mass is 35.5. The molecule has 35 heavy (non-hydrogen) atoms. The summed E-state index contributed by atoms with van der Waals surface area (Å²) in [6.45, 7) is 5.92. The number of hydrogen-bond acceptors (Lipinski definition) is 4. The standard InChI is InChI=1S/C27H31ClN2O4S/c1-4-34-26-13-9-8-12-25(26)30(35(32,33)23-16-14-22(28)15-17-23)19-27(31)29-24(18-20(2)3)21-10-6-5-7-11-21/h5-17,20,24H,4,18-19H2,1-3H3,(H,29,31)/t24-/m1/s1. The fourth-order valence-corrected chi connectivity index (χ4v) is 5.34. The molecular formula is C27H31ClN2O4S. The topological polar surface area (TPSA) is 75.7 Å². The molecule has 1 N–H and O–H groups in total. The largest absolute Gasteiger partial charge is 0.492 e. The van der Waals surface area contributed by atoms with Crippen molar-refractivity contribution >= 4 is 33.2 Å². The number of carbonyl (C=O) groups is 1. The van der Waals surface area contributed by atoms with Crippen LogP contribution in [0.4, 0.5) is 5.69 Å². The Kier molecular flexibility index (Phi) is 9.18. The molecule has 6 nitrogen and oxygen atoms in total. The van der Waals surface area contributed by atoms with Crippen molar-refractivity contribution in [3.63, 3.8) is 0 Å². The molecule has 0 fully saturated rings. The monoisotopic (exact) mass is 514 g/mol. The van der Waals surface area contributed by atoms with Gasteiger partial charge in [-0.1, -0.05) is 67.9 Å². The molecule has 0 unspecified atom stereocenters. The Labute approximate surface area is 212 Å². The summed E-state index contributed by atoms with van der Waals surface area (Å²) in [6, 6.07) is 22.1. The van der Waals surface area contributed by atoms with Gasteiger partial charge in [-0.15, -0.1) is 0 Å². The Morgan fingerprint density at radius 1 is 0.971 bits per heavy atom. The molecule has 3 aromatic carbocycles. The molecule has 0 spiro atoms. The third-order valence-corrected chi connectivity index (χ3v) is 7.39. The minimum Gasteiger partial charge on any atom is -0.492 e. The van der Waals surface area contributed by atoms with E-state index < -0.39 is 22.5 Å². The van der Waals surface area contributed by atoms with Crippen molar-refractivity contribution < 1.29 is 17.9 Å². The number of nitrogens with zero attached hydrogens (tertiary/aromatic N) is 1. The lowest BCUT2D eigenvalue weighted by molar-refractivity contribution is -0.120. The van der Waals surface area contributed by atoms with E-state index in [-0.39, 0.29) is 10.9 Å². The van der Waals surface area contributed by atoms with Gasteiger partial charge in [0.25, 0.3) is 10.0 Å². The van der Waals surface area contributed by atoms with Crippen LogP contribution < -0.4 is 14.4 Å². The summed E-state index contributed by atoms with van der Waals surface area (Å²) < 4.78 is 34.2. The highest BCUT2D eigenvalue weighted by Gasteiger charge is 2.30. The molecule has 0 saturated carbocycles. The molecule has 0 heterocycles. The van der Waals surface area contributed by atoms with Gasteiger partial charge in [-0.2, -0.15) is 0 Å². The van der Waals surface area contributed by atoms with Gasteiger partial charge in [0.05, 0.1) is 23.2 Å². The summed E-state index contributed by atoms with van der Waals surface area (Å²) in [6.07, 6.45) is 0.717. The van der Waals surface area contributed by atoms with E-state index in [0.29, 0.717) is 29.0 Å². The van der Waals surface area contributed by atoms with Crippen molar-refractivity contribution in [1.29, 1.82) is 0 Å². The summed E-state index contributed by atoms with van der Waals surface area (Å²) in [5, 5.41) is 3.46. The predicted octanol–water partition coefficient (Wildman–Crippen LogP) is 5.84. The summed E-state index contributed by atoms with van der Waals surface area (Å²) in [5.41, 5.74) is 1.26. The number of nitrogens with one attached hydrogen (secondary N) is 1. The first-order valence-electron chi connectivity index (χ1n) is 11.6. The molecule has 0 aliphatic carbocycles. The van der Waals surface area contributed by atoms with Gasteiger partial charge >= 0.3 is 0 Å². The lowest BCUT2D eigenvalue weighted by atomic mass is 9.97. The number of sulfonamides is 1. The van der Waals surface area contributed by atoms with Crippen molar-refractivity contribution in [1.82, 2.24) is 5.32 Å². The van der Waals surface area contributed by atoms with Crippen LogP contribution in [0.3, 0.4) is 0 Å². The van der Waals surface area contributed by atoms with Gasteiger partial charge < -0.3 is 10.1 Å². The fourth-order valence-electron chi connectivity index (χ4n) is 3.78. The number of ether oxygens (including phenoxy) is 1. The van der Waals surface area contributed by atoms with E-state index in [4.69, 9.17) is 16.3 Å². The van der Waals surface area contributed by atoms with Crippen LogP contribution in [-0.2, 0) is 14.8 Å². The van der Waals surface area contributed by atoms with E-state index in [1.54, 1.807) is 24.3 Å². The minimum atomic E-state index is -4.10. The zero-order valence-electron chi connectivity index (χ0n) is 20.1. The zero-order valence-corrected chi connectivity index (χ0v) is 21.7. The van der Waals surface area contributed by atoms with Crippen molar-refractivity contribution in [2.75, 3.05) is 17.5 Å². The zero-order chi connectivity index (χ0) is 25.4. The third kappa shape index (κ3) is 6.99. The van der Waals surface area contributed by atoms with Crippen LogP contribution in [0.2, 0.25) is 5.02 Å². The van der Waals surface area contributed by atoms with Gasteiger partial charge in [0, 0.05) is 5.02 Å².